The molecule has 0 amide bonds. The molecule has 2 atom stereocenters. The maximum Gasteiger partial charge on any atom is 0.108 e. The molecular formula is C10H18N2O2. The molecular weight excluding hydrogens is 180 g/mol. The smallest absolute Gasteiger partial charge is 0.108 e. The average Bonchev–Trinajstić information content (AvgIpc) is 2.65. The quantitative estimate of drug-likeness (QED) is 0.777. The molecule has 4 nitrogen and oxygen atoms in total. The van der Waals surface area contributed by atoms with Gasteiger partial charge in [0.1, 0.15) is 6.10 Å². The fourth-order valence-electron chi connectivity index (χ4n) is 1.33. The molecule has 0 saturated heterocycles. The van der Waals surface area contributed by atoms with Crippen LogP contribution >= 0.6 is 0 Å². The highest BCUT2D eigenvalue weighted by Gasteiger charge is 2.17. The molecule has 0 radical (unpaired) electrons. The molecule has 0 saturated carbocycles. The van der Waals surface area contributed by atoms with Crippen molar-refractivity contribution < 1.29 is 9.84 Å². The Morgan fingerprint density at radius 2 is 2.29 bits per heavy atom. The van der Waals surface area contributed by atoms with Crippen LogP contribution in [0.2, 0.25) is 0 Å². The van der Waals surface area contributed by atoms with E-state index in [4.69, 9.17) is 4.74 Å². The zero-order valence-electron chi connectivity index (χ0n) is 8.97. The van der Waals surface area contributed by atoms with Crippen LogP contribution in [-0.2, 0) is 11.3 Å². The Kier molecular flexibility index (Phi) is 4.10. The van der Waals surface area contributed by atoms with Crippen LogP contribution in [0.15, 0.2) is 12.4 Å². The van der Waals surface area contributed by atoms with Gasteiger partial charge in [-0.05, 0) is 20.8 Å². The van der Waals surface area contributed by atoms with Crippen molar-refractivity contribution in [3.63, 3.8) is 0 Å². The minimum atomic E-state index is -0.588. The van der Waals surface area contributed by atoms with Crippen LogP contribution in [0.1, 0.15) is 32.4 Å². The first-order valence-electron chi connectivity index (χ1n) is 5.01. The zero-order valence-corrected chi connectivity index (χ0v) is 8.97. The summed E-state index contributed by atoms with van der Waals surface area (Å²) in [6.45, 7) is 7.21. The fourth-order valence-corrected chi connectivity index (χ4v) is 1.33. The molecule has 0 bridgehead atoms. The van der Waals surface area contributed by atoms with E-state index < -0.39 is 6.10 Å². The molecule has 0 aliphatic heterocycles. The molecule has 0 aromatic carbocycles. The molecule has 4 heteroatoms. The zero-order chi connectivity index (χ0) is 10.6. The average molecular weight is 198 g/mol. The summed E-state index contributed by atoms with van der Waals surface area (Å²) in [5, 5.41) is 14.0. The molecule has 14 heavy (non-hydrogen) atoms. The topological polar surface area (TPSA) is 47.3 Å². The van der Waals surface area contributed by atoms with E-state index in [1.165, 1.54) is 0 Å². The standard InChI is InChI=1S/C10H18N2O2/c1-4-12-7-9(6-11-12)10(13)8(3)14-5-2/h6-8,10,13H,4-5H2,1-3H3. The Balaban J connectivity index is 2.63. The van der Waals surface area contributed by atoms with Gasteiger partial charge in [-0.15, -0.1) is 0 Å². The van der Waals surface area contributed by atoms with E-state index in [2.05, 4.69) is 5.10 Å². The normalized spacial score (nSPS) is 15.4. The number of aliphatic hydroxyl groups excluding tert-OH is 1. The predicted molar refractivity (Wildman–Crippen MR) is 53.9 cm³/mol. The summed E-state index contributed by atoms with van der Waals surface area (Å²) in [5.41, 5.74) is 0.813. The Bertz CT molecular complexity index is 273. The van der Waals surface area contributed by atoms with Gasteiger partial charge < -0.3 is 9.84 Å². The minimum absolute atomic E-state index is 0.186. The highest BCUT2D eigenvalue weighted by Crippen LogP contribution is 2.17. The van der Waals surface area contributed by atoms with Gasteiger partial charge in [-0.2, -0.15) is 5.10 Å². The highest BCUT2D eigenvalue weighted by molar-refractivity contribution is 5.09. The summed E-state index contributed by atoms with van der Waals surface area (Å²) in [5.74, 6) is 0. The van der Waals surface area contributed by atoms with E-state index >= 15 is 0 Å². The highest BCUT2D eigenvalue weighted by atomic mass is 16.5. The number of aliphatic hydroxyl groups is 1. The summed E-state index contributed by atoms with van der Waals surface area (Å²) in [6.07, 6.45) is 2.76. The van der Waals surface area contributed by atoms with Gasteiger partial charge in [0.15, 0.2) is 0 Å². The Morgan fingerprint density at radius 3 is 2.79 bits per heavy atom. The van der Waals surface area contributed by atoms with Gasteiger partial charge >= 0.3 is 0 Å². The molecule has 0 aliphatic carbocycles. The van der Waals surface area contributed by atoms with E-state index in [9.17, 15) is 5.11 Å². The maximum atomic E-state index is 9.85. The van der Waals surface area contributed by atoms with Crippen LogP contribution in [0.4, 0.5) is 0 Å². The summed E-state index contributed by atoms with van der Waals surface area (Å²) in [6, 6.07) is 0. The van der Waals surface area contributed by atoms with Gasteiger partial charge in [0.25, 0.3) is 0 Å². The molecule has 1 rings (SSSR count). The largest absolute Gasteiger partial charge is 0.386 e. The number of rotatable bonds is 5. The third-order valence-electron chi connectivity index (χ3n) is 2.19. The van der Waals surface area contributed by atoms with E-state index in [1.54, 1.807) is 10.9 Å². The lowest BCUT2D eigenvalue weighted by Gasteiger charge is -2.17. The SMILES string of the molecule is CCOC(C)C(O)c1cnn(CC)c1. The first-order chi connectivity index (χ1) is 6.69. The fraction of sp³-hybridized carbons (Fsp3) is 0.700. The van der Waals surface area contributed by atoms with Crippen LogP contribution < -0.4 is 0 Å². The third kappa shape index (κ3) is 2.56. The molecule has 2 unspecified atom stereocenters. The first-order valence-corrected chi connectivity index (χ1v) is 5.01. The maximum absolute atomic E-state index is 9.85. The second-order valence-corrected chi connectivity index (χ2v) is 3.23. The van der Waals surface area contributed by atoms with E-state index in [1.807, 2.05) is 27.0 Å². The third-order valence-corrected chi connectivity index (χ3v) is 2.19. The number of aryl methyl sites for hydroxylation is 1. The molecule has 1 heterocycles. The van der Waals surface area contributed by atoms with Crippen LogP contribution in [-0.4, -0.2) is 27.6 Å². The number of nitrogens with zero attached hydrogens (tertiary/aromatic N) is 2. The Labute approximate surface area is 84.5 Å². The lowest BCUT2D eigenvalue weighted by molar-refractivity contribution is -0.0228. The molecule has 1 aromatic heterocycles. The second kappa shape index (κ2) is 5.12. The van der Waals surface area contributed by atoms with Crippen LogP contribution in [0.25, 0.3) is 0 Å². The summed E-state index contributed by atoms with van der Waals surface area (Å²) in [4.78, 5) is 0. The van der Waals surface area contributed by atoms with Gasteiger partial charge in [0.05, 0.1) is 12.3 Å². The number of hydrogen-bond donors (Lipinski definition) is 1. The molecule has 0 aliphatic rings. The summed E-state index contributed by atoms with van der Waals surface area (Å²) >= 11 is 0. The Hall–Kier alpha value is -0.870. The lowest BCUT2D eigenvalue weighted by Crippen LogP contribution is -2.18. The molecule has 0 fully saturated rings. The first kappa shape index (κ1) is 11.2. The lowest BCUT2D eigenvalue weighted by atomic mass is 10.1. The van der Waals surface area contributed by atoms with E-state index in [0.717, 1.165) is 12.1 Å². The Morgan fingerprint density at radius 1 is 1.57 bits per heavy atom. The monoisotopic (exact) mass is 198 g/mol. The molecule has 0 spiro atoms. The van der Waals surface area contributed by atoms with Crippen molar-refractivity contribution in [1.29, 1.82) is 0 Å². The van der Waals surface area contributed by atoms with E-state index in [-0.39, 0.29) is 6.10 Å². The molecule has 80 valence electrons. The predicted octanol–water partition coefficient (Wildman–Crippen LogP) is 1.36. The summed E-state index contributed by atoms with van der Waals surface area (Å²) in [7, 11) is 0. The van der Waals surface area contributed by atoms with Gasteiger partial charge in [-0.3, -0.25) is 4.68 Å². The van der Waals surface area contributed by atoms with E-state index in [0.29, 0.717) is 6.61 Å². The van der Waals surface area contributed by atoms with Gasteiger partial charge in [0, 0.05) is 24.9 Å². The van der Waals surface area contributed by atoms with Crippen molar-refractivity contribution in [3.8, 4) is 0 Å². The van der Waals surface area contributed by atoms with Crippen molar-refractivity contribution in [2.45, 2.75) is 39.5 Å². The minimum Gasteiger partial charge on any atom is -0.386 e. The van der Waals surface area contributed by atoms with Crippen molar-refractivity contribution in [2.24, 2.45) is 0 Å². The van der Waals surface area contributed by atoms with Gasteiger partial charge in [-0.1, -0.05) is 0 Å². The molecule has 1 aromatic rings. The number of ether oxygens (including phenoxy) is 1. The van der Waals surface area contributed by atoms with Crippen LogP contribution in [0.3, 0.4) is 0 Å². The summed E-state index contributed by atoms with van der Waals surface area (Å²) < 4.78 is 7.10. The number of aromatic nitrogens is 2. The van der Waals surface area contributed by atoms with Crippen molar-refractivity contribution >= 4 is 0 Å². The van der Waals surface area contributed by atoms with Gasteiger partial charge in [0.2, 0.25) is 0 Å². The van der Waals surface area contributed by atoms with Crippen LogP contribution in [0.5, 0.6) is 0 Å². The van der Waals surface area contributed by atoms with Gasteiger partial charge in [-0.25, -0.2) is 0 Å². The van der Waals surface area contributed by atoms with Crippen molar-refractivity contribution in [2.75, 3.05) is 6.61 Å². The van der Waals surface area contributed by atoms with Crippen molar-refractivity contribution in [1.82, 2.24) is 9.78 Å². The molecule has 1 N–H and O–H groups in total. The number of hydrogen-bond acceptors (Lipinski definition) is 3. The second-order valence-electron chi connectivity index (χ2n) is 3.23. The van der Waals surface area contributed by atoms with Crippen LogP contribution in [0, 0.1) is 0 Å². The van der Waals surface area contributed by atoms with Crippen molar-refractivity contribution in [3.05, 3.63) is 18.0 Å².